The SMILES string of the molecule is CN1c2cc(N)ccc2Cc2c(Cl)cc(N)cc21. The predicted octanol–water partition coefficient (Wildman–Crippen LogP) is 3.18. The summed E-state index contributed by atoms with van der Waals surface area (Å²) in [5.74, 6) is 0. The molecular weight excluding hydrogens is 246 g/mol. The second-order valence-electron chi connectivity index (χ2n) is 4.62. The van der Waals surface area contributed by atoms with Gasteiger partial charge in [0.2, 0.25) is 0 Å². The quantitative estimate of drug-likeness (QED) is 0.715. The minimum Gasteiger partial charge on any atom is -0.399 e. The van der Waals surface area contributed by atoms with Crippen LogP contribution in [0.25, 0.3) is 0 Å². The molecule has 0 radical (unpaired) electrons. The summed E-state index contributed by atoms with van der Waals surface area (Å²) in [6.45, 7) is 0. The molecule has 0 fully saturated rings. The lowest BCUT2D eigenvalue weighted by Crippen LogP contribution is -2.19. The van der Waals surface area contributed by atoms with Gasteiger partial charge in [-0.2, -0.15) is 0 Å². The summed E-state index contributed by atoms with van der Waals surface area (Å²) in [6, 6.07) is 9.71. The Labute approximate surface area is 111 Å². The maximum Gasteiger partial charge on any atom is 0.0482 e. The molecule has 92 valence electrons. The van der Waals surface area contributed by atoms with E-state index in [2.05, 4.69) is 11.0 Å². The topological polar surface area (TPSA) is 55.3 Å². The number of benzene rings is 2. The molecule has 2 aromatic rings. The Bertz CT molecular complexity index is 637. The van der Waals surface area contributed by atoms with Crippen molar-refractivity contribution < 1.29 is 0 Å². The molecular formula is C14H14ClN3. The van der Waals surface area contributed by atoms with Gasteiger partial charge in [0.05, 0.1) is 0 Å². The Morgan fingerprint density at radius 3 is 2.56 bits per heavy atom. The Morgan fingerprint density at radius 1 is 1.06 bits per heavy atom. The zero-order valence-electron chi connectivity index (χ0n) is 10.1. The molecule has 0 unspecified atom stereocenters. The van der Waals surface area contributed by atoms with E-state index in [1.165, 1.54) is 5.56 Å². The third kappa shape index (κ3) is 1.59. The fourth-order valence-corrected chi connectivity index (χ4v) is 2.77. The molecule has 3 nitrogen and oxygen atoms in total. The molecule has 1 heterocycles. The summed E-state index contributed by atoms with van der Waals surface area (Å²) < 4.78 is 0. The summed E-state index contributed by atoms with van der Waals surface area (Å²) >= 11 is 6.28. The number of hydrogen-bond acceptors (Lipinski definition) is 3. The first-order valence-corrected chi connectivity index (χ1v) is 6.14. The normalized spacial score (nSPS) is 13.1. The molecule has 0 amide bonds. The number of anilines is 4. The Balaban J connectivity index is 2.22. The summed E-state index contributed by atoms with van der Waals surface area (Å²) in [7, 11) is 2.01. The van der Waals surface area contributed by atoms with E-state index in [1.54, 1.807) is 6.07 Å². The fourth-order valence-electron chi connectivity index (χ4n) is 2.48. The van der Waals surface area contributed by atoms with Crippen molar-refractivity contribution in [1.82, 2.24) is 0 Å². The van der Waals surface area contributed by atoms with Crippen LogP contribution in [0.15, 0.2) is 30.3 Å². The van der Waals surface area contributed by atoms with E-state index in [9.17, 15) is 0 Å². The highest BCUT2D eigenvalue weighted by Gasteiger charge is 2.22. The van der Waals surface area contributed by atoms with Crippen molar-refractivity contribution in [3.05, 3.63) is 46.5 Å². The van der Waals surface area contributed by atoms with Gasteiger partial charge in [-0.1, -0.05) is 17.7 Å². The van der Waals surface area contributed by atoms with Crippen LogP contribution in [-0.4, -0.2) is 7.05 Å². The number of nitrogens with two attached hydrogens (primary N) is 2. The lowest BCUT2D eigenvalue weighted by molar-refractivity contribution is 1.06. The van der Waals surface area contributed by atoms with Gasteiger partial charge < -0.3 is 16.4 Å². The van der Waals surface area contributed by atoms with Crippen LogP contribution in [0.5, 0.6) is 0 Å². The lowest BCUT2D eigenvalue weighted by Gasteiger charge is -2.31. The molecule has 0 saturated heterocycles. The van der Waals surface area contributed by atoms with Crippen molar-refractivity contribution in [2.45, 2.75) is 6.42 Å². The molecule has 0 bridgehead atoms. The van der Waals surface area contributed by atoms with E-state index >= 15 is 0 Å². The number of halogens is 1. The van der Waals surface area contributed by atoms with E-state index in [4.69, 9.17) is 23.1 Å². The zero-order valence-corrected chi connectivity index (χ0v) is 10.8. The van der Waals surface area contributed by atoms with Gasteiger partial charge >= 0.3 is 0 Å². The second kappa shape index (κ2) is 3.82. The second-order valence-corrected chi connectivity index (χ2v) is 5.03. The van der Waals surface area contributed by atoms with Gasteiger partial charge in [-0.15, -0.1) is 0 Å². The predicted molar refractivity (Wildman–Crippen MR) is 77.6 cm³/mol. The number of hydrogen-bond donors (Lipinski definition) is 2. The highest BCUT2D eigenvalue weighted by atomic mass is 35.5. The van der Waals surface area contributed by atoms with E-state index in [0.29, 0.717) is 5.69 Å². The van der Waals surface area contributed by atoms with Gasteiger partial charge in [0.15, 0.2) is 0 Å². The number of rotatable bonds is 0. The van der Waals surface area contributed by atoms with Gasteiger partial charge in [-0.25, -0.2) is 0 Å². The third-order valence-electron chi connectivity index (χ3n) is 3.39. The van der Waals surface area contributed by atoms with Crippen LogP contribution >= 0.6 is 11.6 Å². The van der Waals surface area contributed by atoms with E-state index < -0.39 is 0 Å². The van der Waals surface area contributed by atoms with Crippen molar-refractivity contribution in [3.63, 3.8) is 0 Å². The van der Waals surface area contributed by atoms with Gasteiger partial charge in [-0.05, 0) is 35.4 Å². The van der Waals surface area contributed by atoms with Crippen LogP contribution in [-0.2, 0) is 6.42 Å². The molecule has 0 aliphatic carbocycles. The molecule has 0 atom stereocenters. The van der Waals surface area contributed by atoms with Crippen LogP contribution in [0.2, 0.25) is 5.02 Å². The average Bonchev–Trinajstić information content (AvgIpc) is 2.32. The van der Waals surface area contributed by atoms with Gasteiger partial charge in [0, 0.05) is 41.2 Å². The standard InChI is InChI=1S/C14H14ClN3/c1-18-13-6-9(16)3-2-8(13)4-11-12(15)5-10(17)7-14(11)18/h2-3,5-7H,4,16-17H2,1H3. The van der Waals surface area contributed by atoms with Crippen LogP contribution in [0, 0.1) is 0 Å². The van der Waals surface area contributed by atoms with Crippen LogP contribution in [0.1, 0.15) is 11.1 Å². The first kappa shape index (κ1) is 11.2. The first-order chi connectivity index (χ1) is 8.56. The van der Waals surface area contributed by atoms with E-state index in [0.717, 1.165) is 34.1 Å². The molecule has 3 rings (SSSR count). The van der Waals surface area contributed by atoms with Gasteiger partial charge in [0.1, 0.15) is 0 Å². The van der Waals surface area contributed by atoms with Crippen LogP contribution < -0.4 is 16.4 Å². The average molecular weight is 260 g/mol. The lowest BCUT2D eigenvalue weighted by atomic mass is 9.95. The molecule has 18 heavy (non-hydrogen) atoms. The van der Waals surface area contributed by atoms with Crippen molar-refractivity contribution in [2.24, 2.45) is 0 Å². The molecule has 0 saturated carbocycles. The molecule has 1 aliphatic rings. The van der Waals surface area contributed by atoms with Crippen molar-refractivity contribution >= 4 is 34.4 Å². The summed E-state index contributed by atoms with van der Waals surface area (Å²) in [6.07, 6.45) is 0.814. The van der Waals surface area contributed by atoms with Crippen molar-refractivity contribution in [2.75, 3.05) is 23.4 Å². The summed E-state index contributed by atoms with van der Waals surface area (Å²) in [5, 5.41) is 0.722. The smallest absolute Gasteiger partial charge is 0.0482 e. The van der Waals surface area contributed by atoms with E-state index in [-0.39, 0.29) is 0 Å². The maximum absolute atomic E-state index is 6.28. The monoisotopic (exact) mass is 259 g/mol. The molecule has 0 spiro atoms. The summed E-state index contributed by atoms with van der Waals surface area (Å²) in [5.41, 5.74) is 17.7. The number of nitrogens with zero attached hydrogens (tertiary/aromatic N) is 1. The first-order valence-electron chi connectivity index (χ1n) is 5.76. The highest BCUT2D eigenvalue weighted by molar-refractivity contribution is 6.32. The third-order valence-corrected chi connectivity index (χ3v) is 3.73. The maximum atomic E-state index is 6.28. The highest BCUT2D eigenvalue weighted by Crippen LogP contribution is 2.42. The number of nitrogen functional groups attached to an aromatic ring is 2. The fraction of sp³-hybridized carbons (Fsp3) is 0.143. The zero-order chi connectivity index (χ0) is 12.9. The van der Waals surface area contributed by atoms with Crippen LogP contribution in [0.3, 0.4) is 0 Å². The van der Waals surface area contributed by atoms with Crippen molar-refractivity contribution in [3.8, 4) is 0 Å². The molecule has 4 N–H and O–H groups in total. The van der Waals surface area contributed by atoms with Crippen molar-refractivity contribution in [1.29, 1.82) is 0 Å². The largest absolute Gasteiger partial charge is 0.399 e. The number of fused-ring (bicyclic) bond motifs is 2. The Morgan fingerprint density at radius 2 is 1.78 bits per heavy atom. The van der Waals surface area contributed by atoms with Gasteiger partial charge in [-0.3, -0.25) is 0 Å². The summed E-state index contributed by atoms with van der Waals surface area (Å²) in [4.78, 5) is 2.09. The minimum absolute atomic E-state index is 0.679. The van der Waals surface area contributed by atoms with Crippen LogP contribution in [0.4, 0.5) is 22.7 Å². The Hall–Kier alpha value is -1.87. The van der Waals surface area contributed by atoms with Gasteiger partial charge in [0.25, 0.3) is 0 Å². The van der Waals surface area contributed by atoms with E-state index in [1.807, 2.05) is 25.2 Å². The molecule has 1 aliphatic heterocycles. The molecule has 4 heteroatoms. The minimum atomic E-state index is 0.679. The molecule has 2 aromatic carbocycles. The molecule has 0 aromatic heterocycles. The Kier molecular flexibility index (Phi) is 2.38.